The van der Waals surface area contributed by atoms with Crippen molar-refractivity contribution < 1.29 is 19.4 Å². The van der Waals surface area contributed by atoms with Crippen LogP contribution >= 0.6 is 23.2 Å². The van der Waals surface area contributed by atoms with Crippen LogP contribution in [0.3, 0.4) is 0 Å². The Bertz CT molecular complexity index is 1170. The molecule has 0 spiro atoms. The van der Waals surface area contributed by atoms with Gasteiger partial charge in [0.05, 0.1) is 11.3 Å². The van der Waals surface area contributed by atoms with Gasteiger partial charge in [0.2, 0.25) is 0 Å². The van der Waals surface area contributed by atoms with Crippen molar-refractivity contribution in [2.45, 2.75) is 39.8 Å². The van der Waals surface area contributed by atoms with E-state index in [1.54, 1.807) is 30.3 Å². The Balaban J connectivity index is 1.73. The van der Waals surface area contributed by atoms with Crippen LogP contribution in [0.2, 0.25) is 10.0 Å². The summed E-state index contributed by atoms with van der Waals surface area (Å²) in [4.78, 5) is 24.2. The molecular formula is C25H26Cl2N2O4. The Morgan fingerprint density at radius 1 is 1.06 bits per heavy atom. The van der Waals surface area contributed by atoms with Gasteiger partial charge in [-0.3, -0.25) is 4.79 Å². The van der Waals surface area contributed by atoms with E-state index in [4.69, 9.17) is 27.9 Å². The van der Waals surface area contributed by atoms with Gasteiger partial charge in [-0.05, 0) is 50.6 Å². The molecule has 0 bridgehead atoms. The van der Waals surface area contributed by atoms with E-state index >= 15 is 0 Å². The van der Waals surface area contributed by atoms with Gasteiger partial charge in [-0.15, -0.1) is 0 Å². The van der Waals surface area contributed by atoms with Crippen molar-refractivity contribution in [3.63, 3.8) is 0 Å². The van der Waals surface area contributed by atoms with Crippen LogP contribution in [0.5, 0.6) is 5.75 Å². The normalized spacial score (nSPS) is 11.8. The molecule has 0 unspecified atom stereocenters. The Labute approximate surface area is 203 Å². The second kappa shape index (κ2) is 10.3. The molecule has 8 heteroatoms. The largest absolute Gasteiger partial charge is 0.489 e. The van der Waals surface area contributed by atoms with Crippen LogP contribution in [0, 0.1) is 13.8 Å². The first-order valence-corrected chi connectivity index (χ1v) is 11.2. The maximum atomic E-state index is 12.2. The number of anilines is 1. The van der Waals surface area contributed by atoms with E-state index in [1.165, 1.54) is 6.92 Å². The number of halogens is 2. The minimum absolute atomic E-state index is 0.108. The molecule has 3 rings (SSSR count). The van der Waals surface area contributed by atoms with Crippen molar-refractivity contribution in [2.24, 2.45) is 7.05 Å². The zero-order valence-corrected chi connectivity index (χ0v) is 20.4. The quantitative estimate of drug-likeness (QED) is 0.369. The standard InChI is InChI=1S/C25H26Cl2N2O4/c1-14-23(16(3)30)24(15(2)29(14)4)28-22(25(31)32)12-17-8-10-18(11-9-17)33-13-19-20(26)6-5-7-21(19)27/h5-11,22,28H,12-13H2,1-4H3,(H,31,32)/t22-/m0/s1. The van der Waals surface area contributed by atoms with E-state index in [0.29, 0.717) is 32.6 Å². The van der Waals surface area contributed by atoms with Crippen LogP contribution in [-0.4, -0.2) is 27.5 Å². The van der Waals surface area contributed by atoms with Gasteiger partial charge >= 0.3 is 5.97 Å². The molecule has 0 fully saturated rings. The number of carbonyl (C=O) groups is 2. The highest BCUT2D eigenvalue weighted by Crippen LogP contribution is 2.29. The number of carbonyl (C=O) groups excluding carboxylic acids is 1. The van der Waals surface area contributed by atoms with E-state index < -0.39 is 12.0 Å². The zero-order chi connectivity index (χ0) is 24.3. The van der Waals surface area contributed by atoms with Crippen LogP contribution in [0.4, 0.5) is 5.69 Å². The van der Waals surface area contributed by atoms with Crippen molar-refractivity contribution in [1.29, 1.82) is 0 Å². The number of rotatable bonds is 9. The van der Waals surface area contributed by atoms with Crippen LogP contribution in [0.1, 0.15) is 39.8 Å². The Kier molecular flexibility index (Phi) is 7.72. The summed E-state index contributed by atoms with van der Waals surface area (Å²) < 4.78 is 7.67. The second-order valence-electron chi connectivity index (χ2n) is 7.91. The van der Waals surface area contributed by atoms with Crippen LogP contribution < -0.4 is 10.1 Å². The summed E-state index contributed by atoms with van der Waals surface area (Å²) in [6.45, 7) is 5.41. The predicted octanol–water partition coefficient (Wildman–Crippen LogP) is 5.84. The molecule has 0 saturated heterocycles. The maximum absolute atomic E-state index is 12.2. The summed E-state index contributed by atoms with van der Waals surface area (Å²) in [7, 11) is 1.85. The fourth-order valence-corrected chi connectivity index (χ4v) is 4.22. The van der Waals surface area contributed by atoms with Gasteiger partial charge in [-0.25, -0.2) is 4.79 Å². The molecule has 6 nitrogen and oxygen atoms in total. The first kappa shape index (κ1) is 24.7. The van der Waals surface area contributed by atoms with E-state index in [9.17, 15) is 14.7 Å². The van der Waals surface area contributed by atoms with E-state index in [-0.39, 0.29) is 18.8 Å². The number of aliphatic carboxylic acids is 1. The topological polar surface area (TPSA) is 80.6 Å². The molecule has 0 saturated carbocycles. The summed E-state index contributed by atoms with van der Waals surface area (Å²) in [6.07, 6.45) is 0.233. The Morgan fingerprint density at radius 3 is 2.21 bits per heavy atom. The fraction of sp³-hybridized carbons (Fsp3) is 0.280. The minimum Gasteiger partial charge on any atom is -0.489 e. The molecule has 1 atom stereocenters. The number of hydrogen-bond acceptors (Lipinski definition) is 4. The van der Waals surface area contributed by atoms with Gasteiger partial charge in [0.1, 0.15) is 18.4 Å². The van der Waals surface area contributed by atoms with E-state index in [0.717, 1.165) is 17.0 Å². The van der Waals surface area contributed by atoms with Crippen LogP contribution in [0.15, 0.2) is 42.5 Å². The molecule has 1 heterocycles. The lowest BCUT2D eigenvalue weighted by Crippen LogP contribution is -2.32. The molecule has 2 N–H and O–H groups in total. The van der Waals surface area contributed by atoms with Crippen molar-refractivity contribution in [3.05, 3.63) is 80.6 Å². The number of aromatic nitrogens is 1. The lowest BCUT2D eigenvalue weighted by molar-refractivity contribution is -0.137. The van der Waals surface area contributed by atoms with Crippen LogP contribution in [0.25, 0.3) is 0 Å². The summed E-state index contributed by atoms with van der Waals surface area (Å²) in [5.41, 5.74) is 4.20. The van der Waals surface area contributed by atoms with Gasteiger partial charge in [-0.2, -0.15) is 0 Å². The number of Topliss-reactive ketones (excluding diaryl/α,β-unsaturated/α-hetero) is 1. The summed E-state index contributed by atoms with van der Waals surface area (Å²) in [5.74, 6) is -0.495. The number of carboxylic acid groups (broad SMARTS) is 1. The van der Waals surface area contributed by atoms with Gasteiger partial charge in [0, 0.05) is 40.5 Å². The van der Waals surface area contributed by atoms with E-state index in [1.807, 2.05) is 37.6 Å². The third kappa shape index (κ3) is 5.52. The average molecular weight is 489 g/mol. The summed E-state index contributed by atoms with van der Waals surface area (Å²) >= 11 is 12.4. The first-order valence-electron chi connectivity index (χ1n) is 10.4. The summed E-state index contributed by atoms with van der Waals surface area (Å²) in [5, 5.41) is 14.0. The molecule has 0 aliphatic rings. The van der Waals surface area contributed by atoms with Gasteiger partial charge in [-0.1, -0.05) is 41.4 Å². The molecule has 0 aliphatic heterocycles. The lowest BCUT2D eigenvalue weighted by atomic mass is 10.0. The minimum atomic E-state index is -1.00. The average Bonchev–Trinajstić information content (AvgIpc) is 2.97. The molecule has 0 radical (unpaired) electrons. The number of ether oxygens (including phenoxy) is 1. The Morgan fingerprint density at radius 2 is 1.67 bits per heavy atom. The molecule has 33 heavy (non-hydrogen) atoms. The Hall–Kier alpha value is -2.96. The number of hydrogen-bond donors (Lipinski definition) is 2. The smallest absolute Gasteiger partial charge is 0.326 e. The summed E-state index contributed by atoms with van der Waals surface area (Å²) in [6, 6.07) is 11.6. The molecule has 3 aromatic rings. The van der Waals surface area contributed by atoms with Crippen molar-refractivity contribution >= 4 is 40.6 Å². The number of nitrogens with one attached hydrogen (secondary N) is 1. The molecule has 1 aromatic heterocycles. The monoisotopic (exact) mass is 488 g/mol. The van der Waals surface area contributed by atoms with Crippen molar-refractivity contribution in [1.82, 2.24) is 4.57 Å². The molecular weight excluding hydrogens is 463 g/mol. The van der Waals surface area contributed by atoms with Crippen molar-refractivity contribution in [2.75, 3.05) is 5.32 Å². The zero-order valence-electron chi connectivity index (χ0n) is 18.9. The third-order valence-corrected chi connectivity index (χ3v) is 6.46. The molecule has 0 amide bonds. The van der Waals surface area contributed by atoms with E-state index in [2.05, 4.69) is 5.32 Å². The molecule has 174 valence electrons. The van der Waals surface area contributed by atoms with Crippen LogP contribution in [-0.2, 0) is 24.9 Å². The highest BCUT2D eigenvalue weighted by atomic mass is 35.5. The highest BCUT2D eigenvalue weighted by molar-refractivity contribution is 6.35. The number of benzene rings is 2. The SMILES string of the molecule is CC(=O)c1c(N[C@@H](Cc2ccc(OCc3c(Cl)cccc3Cl)cc2)C(=O)O)c(C)n(C)c1C. The third-order valence-electron chi connectivity index (χ3n) is 5.76. The van der Waals surface area contributed by atoms with Crippen molar-refractivity contribution in [3.8, 4) is 5.75 Å². The number of nitrogens with zero attached hydrogens (tertiary/aromatic N) is 1. The number of carboxylic acids is 1. The predicted molar refractivity (Wildman–Crippen MR) is 131 cm³/mol. The molecule has 2 aromatic carbocycles. The highest BCUT2D eigenvalue weighted by Gasteiger charge is 2.25. The van der Waals surface area contributed by atoms with Gasteiger partial charge in [0.25, 0.3) is 0 Å². The van der Waals surface area contributed by atoms with Gasteiger partial charge < -0.3 is 19.7 Å². The lowest BCUT2D eigenvalue weighted by Gasteiger charge is -2.17. The second-order valence-corrected chi connectivity index (χ2v) is 8.72. The molecule has 0 aliphatic carbocycles. The van der Waals surface area contributed by atoms with Gasteiger partial charge in [0.15, 0.2) is 5.78 Å². The fourth-order valence-electron chi connectivity index (χ4n) is 3.71. The maximum Gasteiger partial charge on any atom is 0.326 e. The first-order chi connectivity index (χ1) is 15.6. The number of ketones is 1.